The number of rotatable bonds is 5. The molecule has 0 saturated heterocycles. The molecule has 0 atom stereocenters. The first-order valence-corrected chi connectivity index (χ1v) is 7.52. The third-order valence-electron chi connectivity index (χ3n) is 2.13. The molecule has 0 bridgehead atoms. The average molecular weight is 322 g/mol. The molecular weight excluding hydrogens is 310 g/mol. The van der Waals surface area contributed by atoms with Crippen LogP contribution in [-0.2, 0) is 19.4 Å². The second kappa shape index (κ2) is 6.19. The van der Waals surface area contributed by atoms with E-state index in [1.165, 1.54) is 6.07 Å². The highest BCUT2D eigenvalue weighted by Gasteiger charge is 2.29. The summed E-state index contributed by atoms with van der Waals surface area (Å²) in [5.74, 6) is -1.93. The topological polar surface area (TPSA) is 104 Å². The van der Waals surface area contributed by atoms with Crippen molar-refractivity contribution < 1.29 is 22.9 Å². The summed E-state index contributed by atoms with van der Waals surface area (Å²) in [5, 5.41) is 10.9. The van der Waals surface area contributed by atoms with Crippen LogP contribution in [-0.4, -0.2) is 31.2 Å². The maximum absolute atomic E-state index is 12.0. The number of benzene rings is 1. The minimum Gasteiger partial charge on any atom is -0.462 e. The fourth-order valence-electron chi connectivity index (χ4n) is 1.43. The summed E-state index contributed by atoms with van der Waals surface area (Å²) in [5.41, 5.74) is -0.671. The molecular formula is C11H12ClNO6S. The Balaban J connectivity index is 3.16. The van der Waals surface area contributed by atoms with Gasteiger partial charge in [-0.05, 0) is 26.0 Å². The van der Waals surface area contributed by atoms with Crippen LogP contribution in [0, 0.1) is 10.1 Å². The van der Waals surface area contributed by atoms with E-state index < -0.39 is 43.2 Å². The zero-order valence-electron chi connectivity index (χ0n) is 10.7. The van der Waals surface area contributed by atoms with Crippen molar-refractivity contribution in [1.82, 2.24) is 0 Å². The molecule has 1 aromatic rings. The van der Waals surface area contributed by atoms with Crippen molar-refractivity contribution in [2.45, 2.75) is 24.8 Å². The Kier molecular flexibility index (Phi) is 5.07. The second-order valence-corrected chi connectivity index (χ2v) is 6.56. The molecule has 0 fully saturated rings. The van der Waals surface area contributed by atoms with Gasteiger partial charge in [-0.15, -0.1) is 0 Å². The number of carbonyl (C=O) groups excluding carboxylic acids is 1. The van der Waals surface area contributed by atoms with Gasteiger partial charge in [-0.25, -0.2) is 8.42 Å². The Morgan fingerprint density at radius 1 is 1.45 bits per heavy atom. The zero-order valence-corrected chi connectivity index (χ0v) is 12.3. The minimum atomic E-state index is -4.17. The van der Waals surface area contributed by atoms with Gasteiger partial charge in [-0.2, -0.15) is 0 Å². The molecule has 1 aromatic carbocycles. The normalized spacial score (nSPS) is 11.4. The molecule has 20 heavy (non-hydrogen) atoms. The molecule has 0 aliphatic rings. The lowest BCUT2D eigenvalue weighted by Crippen LogP contribution is -2.22. The largest absolute Gasteiger partial charge is 0.462 e. The third-order valence-corrected chi connectivity index (χ3v) is 3.99. The van der Waals surface area contributed by atoms with E-state index in [0.717, 1.165) is 12.1 Å². The SMILES string of the molecule is CC(C)OC(=O)CS(=O)(=O)c1ccc(Cl)cc1[N+](=O)[O-]. The molecule has 0 heterocycles. The number of esters is 1. The first-order chi connectivity index (χ1) is 9.13. The molecule has 0 aliphatic heterocycles. The van der Waals surface area contributed by atoms with Crippen LogP contribution in [0.2, 0.25) is 5.02 Å². The Hall–Kier alpha value is -1.67. The highest BCUT2D eigenvalue weighted by molar-refractivity contribution is 7.92. The maximum atomic E-state index is 12.0. The Labute approximate surface area is 120 Å². The third kappa shape index (κ3) is 4.17. The first kappa shape index (κ1) is 16.4. The van der Waals surface area contributed by atoms with Crippen molar-refractivity contribution in [2.75, 3.05) is 5.75 Å². The minimum absolute atomic E-state index is 0.0282. The van der Waals surface area contributed by atoms with Gasteiger partial charge in [0.2, 0.25) is 0 Å². The maximum Gasteiger partial charge on any atom is 0.321 e. The summed E-state index contributed by atoms with van der Waals surface area (Å²) in [6, 6.07) is 3.12. The Bertz CT molecular complexity index is 640. The summed E-state index contributed by atoms with van der Waals surface area (Å²) >= 11 is 5.59. The number of carbonyl (C=O) groups is 1. The van der Waals surface area contributed by atoms with Gasteiger partial charge >= 0.3 is 5.97 Å². The molecule has 110 valence electrons. The summed E-state index contributed by atoms with van der Waals surface area (Å²) in [4.78, 5) is 20.8. The van der Waals surface area contributed by atoms with E-state index >= 15 is 0 Å². The molecule has 0 aliphatic carbocycles. The molecule has 0 aromatic heterocycles. The fraction of sp³-hybridized carbons (Fsp3) is 0.364. The van der Waals surface area contributed by atoms with Crippen LogP contribution < -0.4 is 0 Å². The van der Waals surface area contributed by atoms with E-state index in [1.807, 2.05) is 0 Å². The van der Waals surface area contributed by atoms with Crippen LogP contribution >= 0.6 is 11.6 Å². The number of hydrogen-bond donors (Lipinski definition) is 0. The molecule has 0 radical (unpaired) electrons. The predicted octanol–water partition coefficient (Wildman–Crippen LogP) is 1.97. The molecule has 0 spiro atoms. The van der Waals surface area contributed by atoms with Gasteiger partial charge in [0.05, 0.1) is 11.0 Å². The monoisotopic (exact) mass is 321 g/mol. The number of nitro benzene ring substituents is 1. The average Bonchev–Trinajstić information content (AvgIpc) is 2.26. The van der Waals surface area contributed by atoms with E-state index in [2.05, 4.69) is 0 Å². The summed E-state index contributed by atoms with van der Waals surface area (Å²) < 4.78 is 28.7. The number of nitrogens with zero attached hydrogens (tertiary/aromatic N) is 1. The van der Waals surface area contributed by atoms with Crippen LogP contribution in [0.15, 0.2) is 23.1 Å². The van der Waals surface area contributed by atoms with E-state index in [1.54, 1.807) is 13.8 Å². The first-order valence-electron chi connectivity index (χ1n) is 5.49. The summed E-state index contributed by atoms with van der Waals surface area (Å²) in [6.07, 6.45) is -0.474. The van der Waals surface area contributed by atoms with Gasteiger partial charge in [0, 0.05) is 11.1 Å². The number of sulfone groups is 1. The van der Waals surface area contributed by atoms with E-state index in [4.69, 9.17) is 16.3 Å². The van der Waals surface area contributed by atoms with Crippen molar-refractivity contribution in [3.8, 4) is 0 Å². The zero-order chi connectivity index (χ0) is 15.5. The van der Waals surface area contributed by atoms with Crippen LogP contribution in [0.3, 0.4) is 0 Å². The lowest BCUT2D eigenvalue weighted by Gasteiger charge is -2.08. The Morgan fingerprint density at radius 2 is 2.05 bits per heavy atom. The predicted molar refractivity (Wildman–Crippen MR) is 71.4 cm³/mol. The molecule has 0 saturated carbocycles. The van der Waals surface area contributed by atoms with Gasteiger partial charge in [0.1, 0.15) is 4.90 Å². The van der Waals surface area contributed by atoms with Gasteiger partial charge in [0.15, 0.2) is 15.6 Å². The number of ether oxygens (including phenoxy) is 1. The summed E-state index contributed by atoms with van der Waals surface area (Å²) in [6.45, 7) is 3.13. The summed E-state index contributed by atoms with van der Waals surface area (Å²) in [7, 11) is -4.17. The molecule has 9 heteroatoms. The van der Waals surface area contributed by atoms with Crippen molar-refractivity contribution in [2.24, 2.45) is 0 Å². The molecule has 0 N–H and O–H groups in total. The van der Waals surface area contributed by atoms with E-state index in [9.17, 15) is 23.3 Å². The highest BCUT2D eigenvalue weighted by atomic mass is 35.5. The van der Waals surface area contributed by atoms with Crippen LogP contribution in [0.5, 0.6) is 0 Å². The van der Waals surface area contributed by atoms with Crippen LogP contribution in [0.1, 0.15) is 13.8 Å². The van der Waals surface area contributed by atoms with Crippen LogP contribution in [0.4, 0.5) is 5.69 Å². The van der Waals surface area contributed by atoms with E-state index in [-0.39, 0.29) is 5.02 Å². The van der Waals surface area contributed by atoms with Gasteiger partial charge in [0.25, 0.3) is 5.69 Å². The van der Waals surface area contributed by atoms with Gasteiger partial charge < -0.3 is 4.74 Å². The van der Waals surface area contributed by atoms with Gasteiger partial charge in [-0.1, -0.05) is 11.6 Å². The fourth-order valence-corrected chi connectivity index (χ4v) is 2.85. The van der Waals surface area contributed by atoms with Gasteiger partial charge in [-0.3, -0.25) is 14.9 Å². The van der Waals surface area contributed by atoms with Crippen molar-refractivity contribution in [1.29, 1.82) is 0 Å². The van der Waals surface area contributed by atoms with Crippen LogP contribution in [0.25, 0.3) is 0 Å². The lowest BCUT2D eigenvalue weighted by molar-refractivity contribution is -0.387. The standard InChI is InChI=1S/C11H12ClNO6S/c1-7(2)19-11(14)6-20(17,18)10-4-3-8(12)5-9(10)13(15)16/h3-5,7H,6H2,1-2H3. The molecule has 7 nitrogen and oxygen atoms in total. The van der Waals surface area contributed by atoms with Crippen molar-refractivity contribution >= 4 is 33.1 Å². The second-order valence-electron chi connectivity index (χ2n) is 4.17. The molecule has 1 rings (SSSR count). The van der Waals surface area contributed by atoms with Crippen molar-refractivity contribution in [3.63, 3.8) is 0 Å². The van der Waals surface area contributed by atoms with Crippen molar-refractivity contribution in [3.05, 3.63) is 33.3 Å². The quantitative estimate of drug-likeness (QED) is 0.466. The molecule has 0 amide bonds. The number of hydrogen-bond acceptors (Lipinski definition) is 6. The molecule has 0 unspecified atom stereocenters. The lowest BCUT2D eigenvalue weighted by atomic mass is 10.3. The smallest absolute Gasteiger partial charge is 0.321 e. The Morgan fingerprint density at radius 3 is 2.55 bits per heavy atom. The van der Waals surface area contributed by atoms with E-state index in [0.29, 0.717) is 0 Å². The number of halogens is 1. The highest BCUT2D eigenvalue weighted by Crippen LogP contribution is 2.28. The number of nitro groups is 1.